The number of rotatable bonds is 7. The quantitative estimate of drug-likeness (QED) is 0.506. The second-order valence-electron chi connectivity index (χ2n) is 6.20. The smallest absolute Gasteiger partial charge is 0.251 e. The zero-order valence-electron chi connectivity index (χ0n) is 15.5. The Kier molecular flexibility index (Phi) is 6.99. The number of hydrogen-bond donors (Lipinski definition) is 1. The van der Waals surface area contributed by atoms with Crippen molar-refractivity contribution in [1.82, 2.24) is 20.1 Å². The highest BCUT2D eigenvalue weighted by molar-refractivity contribution is 7.98. The van der Waals surface area contributed by atoms with Crippen LogP contribution >= 0.6 is 35.0 Å². The lowest BCUT2D eigenvalue weighted by molar-refractivity contribution is 0.0937. The number of aromatic nitrogens is 3. The first-order chi connectivity index (χ1) is 13.5. The third-order valence-electron chi connectivity index (χ3n) is 4.18. The molecule has 1 heterocycles. The normalized spacial score (nSPS) is 12.0. The van der Waals surface area contributed by atoms with Gasteiger partial charge in [-0.2, -0.15) is 0 Å². The van der Waals surface area contributed by atoms with Crippen molar-refractivity contribution in [2.24, 2.45) is 0 Å². The van der Waals surface area contributed by atoms with E-state index in [1.54, 1.807) is 36.0 Å². The summed E-state index contributed by atoms with van der Waals surface area (Å²) in [5, 5.41) is 13.7. The monoisotopic (exact) mass is 434 g/mol. The van der Waals surface area contributed by atoms with Crippen molar-refractivity contribution >= 4 is 40.9 Å². The van der Waals surface area contributed by atoms with E-state index in [1.807, 2.05) is 42.7 Å². The first-order valence-corrected chi connectivity index (χ1v) is 10.6. The molecule has 0 saturated heterocycles. The highest BCUT2D eigenvalue weighted by atomic mass is 35.5. The van der Waals surface area contributed by atoms with Crippen molar-refractivity contribution in [3.05, 3.63) is 75.5 Å². The van der Waals surface area contributed by atoms with E-state index in [0.717, 1.165) is 27.3 Å². The number of thioether (sulfide) groups is 1. The number of nitrogens with one attached hydrogen (secondary N) is 1. The van der Waals surface area contributed by atoms with Gasteiger partial charge < -0.3 is 9.88 Å². The molecule has 0 spiro atoms. The molecule has 0 saturated carbocycles. The number of carbonyl (C=O) groups is 1. The summed E-state index contributed by atoms with van der Waals surface area (Å²) >= 11 is 13.4. The largest absolute Gasteiger partial charge is 0.342 e. The van der Waals surface area contributed by atoms with Crippen molar-refractivity contribution < 1.29 is 4.79 Å². The van der Waals surface area contributed by atoms with Crippen LogP contribution < -0.4 is 5.32 Å². The van der Waals surface area contributed by atoms with Gasteiger partial charge in [0.05, 0.1) is 6.04 Å². The van der Waals surface area contributed by atoms with Crippen LogP contribution in [0.15, 0.2) is 53.7 Å². The van der Waals surface area contributed by atoms with Crippen LogP contribution in [0.2, 0.25) is 10.0 Å². The molecule has 1 N–H and O–H groups in total. The molecule has 146 valence electrons. The second kappa shape index (κ2) is 9.45. The van der Waals surface area contributed by atoms with Gasteiger partial charge in [-0.25, -0.2) is 0 Å². The Hall–Kier alpha value is -2.02. The molecule has 1 amide bonds. The average molecular weight is 435 g/mol. The summed E-state index contributed by atoms with van der Waals surface area (Å²) in [5.41, 5.74) is 1.71. The van der Waals surface area contributed by atoms with Crippen LogP contribution in [-0.2, 0) is 12.3 Å². The molecule has 2 aromatic carbocycles. The van der Waals surface area contributed by atoms with E-state index in [-0.39, 0.29) is 11.9 Å². The molecule has 0 aliphatic heterocycles. The first-order valence-electron chi connectivity index (χ1n) is 8.84. The van der Waals surface area contributed by atoms with Gasteiger partial charge in [-0.05, 0) is 55.8 Å². The molecule has 0 radical (unpaired) electrons. The molecule has 0 fully saturated rings. The van der Waals surface area contributed by atoms with Gasteiger partial charge in [-0.15, -0.1) is 10.2 Å². The lowest BCUT2D eigenvalue weighted by atomic mass is 10.2. The first kappa shape index (κ1) is 20.7. The predicted octanol–water partition coefficient (Wildman–Crippen LogP) is 5.39. The lowest BCUT2D eigenvalue weighted by Gasteiger charge is -2.15. The Morgan fingerprint density at radius 1 is 1.07 bits per heavy atom. The molecule has 28 heavy (non-hydrogen) atoms. The zero-order valence-corrected chi connectivity index (χ0v) is 17.9. The maximum atomic E-state index is 12.5. The van der Waals surface area contributed by atoms with Crippen molar-refractivity contribution in [2.75, 3.05) is 0 Å². The molecule has 3 rings (SSSR count). The fourth-order valence-electron chi connectivity index (χ4n) is 2.70. The topological polar surface area (TPSA) is 59.8 Å². The summed E-state index contributed by atoms with van der Waals surface area (Å²) in [6, 6.07) is 14.3. The van der Waals surface area contributed by atoms with Crippen LogP contribution in [0.1, 0.15) is 41.6 Å². The summed E-state index contributed by atoms with van der Waals surface area (Å²) in [4.78, 5) is 12.5. The third-order valence-corrected chi connectivity index (χ3v) is 5.73. The van der Waals surface area contributed by atoms with Gasteiger partial charge in [0.15, 0.2) is 11.0 Å². The zero-order chi connectivity index (χ0) is 20.1. The maximum absolute atomic E-state index is 12.5. The van der Waals surface area contributed by atoms with Gasteiger partial charge >= 0.3 is 0 Å². The maximum Gasteiger partial charge on any atom is 0.251 e. The van der Waals surface area contributed by atoms with Crippen molar-refractivity contribution in [3.63, 3.8) is 0 Å². The number of carbonyl (C=O) groups excluding carboxylic acids is 1. The van der Waals surface area contributed by atoms with Crippen molar-refractivity contribution in [1.29, 1.82) is 0 Å². The summed E-state index contributed by atoms with van der Waals surface area (Å²) in [7, 11) is 0. The van der Waals surface area contributed by atoms with Crippen LogP contribution in [0.25, 0.3) is 0 Å². The van der Waals surface area contributed by atoms with Gasteiger partial charge in [-0.1, -0.05) is 47.1 Å². The third kappa shape index (κ3) is 5.07. The predicted molar refractivity (Wildman–Crippen MR) is 114 cm³/mol. The summed E-state index contributed by atoms with van der Waals surface area (Å²) < 4.78 is 2.02. The number of hydrogen-bond acceptors (Lipinski definition) is 4. The summed E-state index contributed by atoms with van der Waals surface area (Å²) in [6.07, 6.45) is 0. The van der Waals surface area contributed by atoms with Crippen LogP contribution in [-0.4, -0.2) is 20.7 Å². The van der Waals surface area contributed by atoms with Crippen LogP contribution in [0.4, 0.5) is 0 Å². The van der Waals surface area contributed by atoms with E-state index in [4.69, 9.17) is 23.2 Å². The van der Waals surface area contributed by atoms with Crippen LogP contribution in [0.5, 0.6) is 0 Å². The minimum atomic E-state index is -0.277. The van der Waals surface area contributed by atoms with Crippen LogP contribution in [0, 0.1) is 0 Å². The number of halogens is 2. The van der Waals surface area contributed by atoms with E-state index < -0.39 is 0 Å². The van der Waals surface area contributed by atoms with Gasteiger partial charge in [0, 0.05) is 27.9 Å². The standard InChI is InChI=1S/C20H20Cl2N4OS/c1-3-26-18(13(2)23-19(27)15-6-10-17(22)11-7-15)24-25-20(26)28-12-14-4-8-16(21)9-5-14/h4-11,13H,3,12H2,1-2H3,(H,23,27)/t13-/m0/s1. The Morgan fingerprint density at radius 3 is 2.29 bits per heavy atom. The van der Waals surface area contributed by atoms with E-state index in [0.29, 0.717) is 17.1 Å². The molecular formula is C20H20Cl2N4OS. The van der Waals surface area contributed by atoms with Crippen LogP contribution in [0.3, 0.4) is 0 Å². The van der Waals surface area contributed by atoms with Gasteiger partial charge in [-0.3, -0.25) is 4.79 Å². The van der Waals surface area contributed by atoms with Crippen molar-refractivity contribution in [3.8, 4) is 0 Å². The summed E-state index contributed by atoms with van der Waals surface area (Å²) in [6.45, 7) is 4.65. The molecule has 0 aliphatic carbocycles. The van der Waals surface area contributed by atoms with E-state index in [1.165, 1.54) is 0 Å². The Morgan fingerprint density at radius 2 is 1.68 bits per heavy atom. The molecule has 0 aliphatic rings. The molecule has 0 unspecified atom stereocenters. The van der Waals surface area contributed by atoms with Gasteiger partial charge in [0.2, 0.25) is 0 Å². The lowest BCUT2D eigenvalue weighted by Crippen LogP contribution is -2.28. The SMILES string of the molecule is CCn1c(SCc2ccc(Cl)cc2)nnc1[C@H](C)NC(=O)c1ccc(Cl)cc1. The fraction of sp³-hybridized carbons (Fsp3) is 0.250. The highest BCUT2D eigenvalue weighted by Crippen LogP contribution is 2.25. The average Bonchev–Trinajstić information content (AvgIpc) is 3.11. The molecule has 5 nitrogen and oxygen atoms in total. The van der Waals surface area contributed by atoms with E-state index in [9.17, 15) is 4.79 Å². The van der Waals surface area contributed by atoms with E-state index in [2.05, 4.69) is 15.5 Å². The molecule has 0 bridgehead atoms. The Labute approximate surface area is 178 Å². The summed E-state index contributed by atoms with van der Waals surface area (Å²) in [5.74, 6) is 1.31. The molecule has 8 heteroatoms. The number of amides is 1. The molecular weight excluding hydrogens is 415 g/mol. The van der Waals surface area contributed by atoms with Crippen molar-refractivity contribution in [2.45, 2.75) is 37.3 Å². The molecule has 1 atom stereocenters. The van der Waals surface area contributed by atoms with Gasteiger partial charge in [0.1, 0.15) is 0 Å². The van der Waals surface area contributed by atoms with E-state index >= 15 is 0 Å². The highest BCUT2D eigenvalue weighted by Gasteiger charge is 2.19. The number of nitrogens with zero attached hydrogens (tertiary/aromatic N) is 3. The fourth-order valence-corrected chi connectivity index (χ4v) is 3.92. The minimum absolute atomic E-state index is 0.176. The second-order valence-corrected chi connectivity index (χ2v) is 8.02. The molecule has 1 aromatic heterocycles. The molecule has 3 aromatic rings. The van der Waals surface area contributed by atoms with Gasteiger partial charge in [0.25, 0.3) is 5.91 Å². The number of benzene rings is 2. The minimum Gasteiger partial charge on any atom is -0.342 e. The Bertz CT molecular complexity index is 942. The Balaban J connectivity index is 1.68.